The Morgan fingerprint density at radius 2 is 2.11 bits per heavy atom. The Labute approximate surface area is 117 Å². The predicted octanol–water partition coefficient (Wildman–Crippen LogP) is 2.28. The number of nitrogens with zero attached hydrogens (tertiary/aromatic N) is 1. The van der Waals surface area contributed by atoms with Gasteiger partial charge in [-0.15, -0.1) is 0 Å². The molecule has 4 nitrogen and oxygen atoms in total. The number of hydrogen-bond donors (Lipinski definition) is 1. The minimum atomic E-state index is 0.282. The monoisotopic (exact) mass is 276 g/mol. The Balaban J connectivity index is 2.35. The molecular weight excluding hydrogens is 260 g/mol. The Bertz CT molecular complexity index is 587. The van der Waals surface area contributed by atoms with Gasteiger partial charge in [0, 0.05) is 18.2 Å². The third-order valence-electron chi connectivity index (χ3n) is 2.67. The van der Waals surface area contributed by atoms with Crippen molar-refractivity contribution in [1.29, 1.82) is 0 Å². The van der Waals surface area contributed by atoms with Crippen LogP contribution in [0.25, 0.3) is 10.9 Å². The van der Waals surface area contributed by atoms with Crippen LogP contribution >= 0.6 is 12.2 Å². The minimum absolute atomic E-state index is 0.282. The second kappa shape index (κ2) is 6.45. The number of aromatic nitrogens is 1. The number of hydrogen-bond acceptors (Lipinski definition) is 4. The summed E-state index contributed by atoms with van der Waals surface area (Å²) in [5.74, 6) is 0.679. The van der Waals surface area contributed by atoms with Crippen molar-refractivity contribution in [1.82, 2.24) is 4.98 Å². The average Bonchev–Trinajstić information content (AvgIpc) is 2.43. The molecule has 0 bridgehead atoms. The first kappa shape index (κ1) is 13.7. The molecule has 1 aromatic heterocycles. The summed E-state index contributed by atoms with van der Waals surface area (Å²) in [5.41, 5.74) is 7.23. The van der Waals surface area contributed by atoms with Crippen LogP contribution in [0.2, 0.25) is 0 Å². The fourth-order valence-corrected chi connectivity index (χ4v) is 1.94. The van der Waals surface area contributed by atoms with Gasteiger partial charge < -0.3 is 15.2 Å². The summed E-state index contributed by atoms with van der Waals surface area (Å²) in [6.45, 7) is 3.60. The van der Waals surface area contributed by atoms with Crippen molar-refractivity contribution in [3.8, 4) is 5.75 Å². The normalized spacial score (nSPS) is 10.6. The molecule has 2 rings (SSSR count). The average molecular weight is 276 g/mol. The molecule has 0 saturated heterocycles. The van der Waals surface area contributed by atoms with Gasteiger partial charge in [-0.1, -0.05) is 24.4 Å². The molecule has 0 saturated carbocycles. The van der Waals surface area contributed by atoms with E-state index in [1.807, 2.05) is 31.2 Å². The zero-order valence-corrected chi connectivity index (χ0v) is 11.6. The van der Waals surface area contributed by atoms with E-state index in [0.717, 1.165) is 10.9 Å². The molecule has 0 radical (unpaired) electrons. The van der Waals surface area contributed by atoms with Gasteiger partial charge in [-0.05, 0) is 19.1 Å². The molecule has 0 aliphatic rings. The van der Waals surface area contributed by atoms with Crippen LogP contribution in [0.3, 0.4) is 0 Å². The molecular formula is C14H16N2O2S. The van der Waals surface area contributed by atoms with Crippen molar-refractivity contribution >= 4 is 28.1 Å². The summed E-state index contributed by atoms with van der Waals surface area (Å²) >= 11 is 5.04. The van der Waals surface area contributed by atoms with Crippen LogP contribution in [0.1, 0.15) is 12.5 Å². The third-order valence-corrected chi connectivity index (χ3v) is 2.89. The Morgan fingerprint density at radius 3 is 2.84 bits per heavy atom. The molecule has 0 atom stereocenters. The molecule has 0 spiro atoms. The van der Waals surface area contributed by atoms with Crippen molar-refractivity contribution in [3.05, 3.63) is 36.0 Å². The Hall–Kier alpha value is -1.72. The molecule has 0 aliphatic heterocycles. The molecule has 0 aliphatic carbocycles. The smallest absolute Gasteiger partial charge is 0.140 e. The van der Waals surface area contributed by atoms with E-state index in [-0.39, 0.29) is 4.99 Å². The van der Waals surface area contributed by atoms with Crippen LogP contribution in [-0.2, 0) is 4.74 Å². The number of para-hydroxylation sites is 1. The summed E-state index contributed by atoms with van der Waals surface area (Å²) in [4.78, 5) is 4.61. The number of pyridine rings is 1. The lowest BCUT2D eigenvalue weighted by molar-refractivity contribution is 0.110. The molecule has 0 fully saturated rings. The molecule has 5 heteroatoms. The Kier molecular flexibility index (Phi) is 4.65. The second-order valence-corrected chi connectivity index (χ2v) is 4.37. The number of ether oxygens (including phenoxy) is 2. The highest BCUT2D eigenvalue weighted by atomic mass is 32.1. The predicted molar refractivity (Wildman–Crippen MR) is 79.6 cm³/mol. The van der Waals surface area contributed by atoms with Gasteiger partial charge in [-0.3, -0.25) is 4.98 Å². The first-order valence-electron chi connectivity index (χ1n) is 6.12. The zero-order chi connectivity index (χ0) is 13.7. The van der Waals surface area contributed by atoms with Crippen LogP contribution in [0.5, 0.6) is 5.75 Å². The van der Waals surface area contributed by atoms with Crippen LogP contribution in [0.15, 0.2) is 30.5 Å². The van der Waals surface area contributed by atoms with E-state index < -0.39 is 0 Å². The van der Waals surface area contributed by atoms with Crippen LogP contribution in [0, 0.1) is 0 Å². The maximum atomic E-state index is 5.78. The van der Waals surface area contributed by atoms with Crippen molar-refractivity contribution in [3.63, 3.8) is 0 Å². The number of rotatable bonds is 6. The van der Waals surface area contributed by atoms with Crippen molar-refractivity contribution in [2.45, 2.75) is 6.92 Å². The standard InChI is InChI=1S/C14H16N2O2S/c1-2-17-7-8-18-13-10-5-3-4-6-12(10)16-9-11(13)14(15)19/h3-6,9H,2,7-8H2,1H3,(H2,15,19). The third kappa shape index (κ3) is 3.19. The second-order valence-electron chi connectivity index (χ2n) is 3.93. The molecule has 2 aromatic rings. The fraction of sp³-hybridized carbons (Fsp3) is 0.286. The lowest BCUT2D eigenvalue weighted by Crippen LogP contribution is -2.14. The Morgan fingerprint density at radius 1 is 1.32 bits per heavy atom. The number of benzene rings is 1. The summed E-state index contributed by atoms with van der Waals surface area (Å²) in [6, 6.07) is 7.73. The first-order chi connectivity index (χ1) is 9.24. The van der Waals surface area contributed by atoms with Gasteiger partial charge in [0.15, 0.2) is 0 Å². The molecule has 0 amide bonds. The summed E-state index contributed by atoms with van der Waals surface area (Å²) in [5, 5.41) is 0.907. The van der Waals surface area contributed by atoms with Crippen molar-refractivity contribution in [2.24, 2.45) is 5.73 Å². The van der Waals surface area contributed by atoms with Gasteiger partial charge in [0.2, 0.25) is 0 Å². The van der Waals surface area contributed by atoms with E-state index in [9.17, 15) is 0 Å². The molecule has 1 aromatic carbocycles. The van der Waals surface area contributed by atoms with Gasteiger partial charge in [0.05, 0.1) is 17.7 Å². The molecule has 19 heavy (non-hydrogen) atoms. The lowest BCUT2D eigenvalue weighted by atomic mass is 10.1. The lowest BCUT2D eigenvalue weighted by Gasteiger charge is -2.13. The number of thiocarbonyl (C=S) groups is 1. The van der Waals surface area contributed by atoms with Gasteiger partial charge in [-0.25, -0.2) is 0 Å². The van der Waals surface area contributed by atoms with Crippen LogP contribution in [0.4, 0.5) is 0 Å². The van der Waals surface area contributed by atoms with Gasteiger partial charge in [0.25, 0.3) is 0 Å². The van der Waals surface area contributed by atoms with E-state index in [1.54, 1.807) is 6.20 Å². The van der Waals surface area contributed by atoms with Gasteiger partial charge in [0.1, 0.15) is 17.3 Å². The summed E-state index contributed by atoms with van der Waals surface area (Å²) < 4.78 is 11.0. The topological polar surface area (TPSA) is 57.4 Å². The minimum Gasteiger partial charge on any atom is -0.490 e. The van der Waals surface area contributed by atoms with Crippen LogP contribution in [-0.4, -0.2) is 29.8 Å². The van der Waals surface area contributed by atoms with Crippen LogP contribution < -0.4 is 10.5 Å². The quantitative estimate of drug-likeness (QED) is 0.648. The number of fused-ring (bicyclic) bond motifs is 1. The van der Waals surface area contributed by atoms with E-state index in [2.05, 4.69) is 4.98 Å². The van der Waals surface area contributed by atoms with Crippen molar-refractivity contribution < 1.29 is 9.47 Å². The highest BCUT2D eigenvalue weighted by molar-refractivity contribution is 7.80. The maximum Gasteiger partial charge on any atom is 0.140 e. The van der Waals surface area contributed by atoms with Gasteiger partial charge in [-0.2, -0.15) is 0 Å². The van der Waals surface area contributed by atoms with Crippen molar-refractivity contribution in [2.75, 3.05) is 19.8 Å². The zero-order valence-electron chi connectivity index (χ0n) is 10.8. The highest BCUT2D eigenvalue weighted by Gasteiger charge is 2.12. The number of nitrogens with two attached hydrogens (primary N) is 1. The molecule has 1 heterocycles. The first-order valence-corrected chi connectivity index (χ1v) is 6.53. The molecule has 2 N–H and O–H groups in total. The molecule has 0 unspecified atom stereocenters. The maximum absolute atomic E-state index is 5.78. The van der Waals surface area contributed by atoms with E-state index in [1.165, 1.54) is 0 Å². The van der Waals surface area contributed by atoms with E-state index in [0.29, 0.717) is 31.1 Å². The highest BCUT2D eigenvalue weighted by Crippen LogP contribution is 2.28. The van der Waals surface area contributed by atoms with E-state index in [4.69, 9.17) is 27.4 Å². The SMILES string of the molecule is CCOCCOc1c(C(N)=S)cnc2ccccc12. The van der Waals surface area contributed by atoms with Gasteiger partial charge >= 0.3 is 0 Å². The largest absolute Gasteiger partial charge is 0.490 e. The fourth-order valence-electron chi connectivity index (χ4n) is 1.79. The summed E-state index contributed by atoms with van der Waals surface area (Å²) in [6.07, 6.45) is 1.65. The van der Waals surface area contributed by atoms with E-state index >= 15 is 0 Å². The summed E-state index contributed by atoms with van der Waals surface area (Å²) in [7, 11) is 0. The molecule has 100 valence electrons.